The average molecular weight is 361 g/mol. The molecule has 6 heteroatoms. The zero-order valence-electron chi connectivity index (χ0n) is 15.9. The quantitative estimate of drug-likeness (QED) is 0.753. The number of H-pyrrole nitrogens is 1. The lowest BCUT2D eigenvalue weighted by molar-refractivity contribution is 0.0783. The third-order valence-electron chi connectivity index (χ3n) is 4.86. The van der Waals surface area contributed by atoms with Gasteiger partial charge < -0.3 is 4.90 Å². The van der Waals surface area contributed by atoms with Gasteiger partial charge in [0, 0.05) is 30.3 Å². The second kappa shape index (κ2) is 6.95. The first kappa shape index (κ1) is 17.4. The summed E-state index contributed by atoms with van der Waals surface area (Å²) in [5, 5.41) is 7.41. The molecule has 0 spiro atoms. The summed E-state index contributed by atoms with van der Waals surface area (Å²) in [7, 11) is 1.81. The molecule has 1 amide bonds. The normalized spacial score (nSPS) is 13.6. The molecule has 0 unspecified atom stereocenters. The van der Waals surface area contributed by atoms with Gasteiger partial charge in [-0.3, -0.25) is 14.9 Å². The van der Waals surface area contributed by atoms with Gasteiger partial charge in [-0.05, 0) is 44.9 Å². The molecule has 1 fully saturated rings. The minimum absolute atomic E-state index is 0.0299. The van der Waals surface area contributed by atoms with Gasteiger partial charge in [-0.2, -0.15) is 5.10 Å². The Balaban J connectivity index is 1.53. The summed E-state index contributed by atoms with van der Waals surface area (Å²) in [6.07, 6.45) is 4.18. The topological polar surface area (TPSA) is 74.8 Å². The number of aromatic nitrogens is 4. The van der Waals surface area contributed by atoms with Gasteiger partial charge in [0.15, 0.2) is 0 Å². The van der Waals surface area contributed by atoms with E-state index in [1.165, 1.54) is 12.8 Å². The lowest BCUT2D eigenvalue weighted by Gasteiger charge is -2.17. The van der Waals surface area contributed by atoms with Crippen molar-refractivity contribution in [3.63, 3.8) is 0 Å². The minimum atomic E-state index is -0.0299. The van der Waals surface area contributed by atoms with Gasteiger partial charge in [-0.1, -0.05) is 12.1 Å². The van der Waals surface area contributed by atoms with Crippen LogP contribution >= 0.6 is 0 Å². The average Bonchev–Trinajstić information content (AvgIpc) is 3.42. The van der Waals surface area contributed by atoms with Crippen molar-refractivity contribution in [2.45, 2.75) is 39.2 Å². The standard InChI is InChI=1S/C21H23N5O/c1-13-11-22-14(2)20(23-13)16-5-4-6-17(9-16)21(27)26(3)12-18-10-19(25-24-18)15-7-8-15/h4-6,9-11,15H,7-8,12H2,1-3H3,(H,24,25). The Morgan fingerprint density at radius 1 is 1.26 bits per heavy atom. The smallest absolute Gasteiger partial charge is 0.253 e. The van der Waals surface area contributed by atoms with Crippen molar-refractivity contribution in [3.05, 3.63) is 64.9 Å². The summed E-state index contributed by atoms with van der Waals surface area (Å²) >= 11 is 0. The molecule has 0 saturated heterocycles. The van der Waals surface area contributed by atoms with E-state index >= 15 is 0 Å². The zero-order chi connectivity index (χ0) is 19.0. The number of aromatic amines is 1. The van der Waals surface area contributed by atoms with E-state index in [1.807, 2.05) is 45.2 Å². The predicted molar refractivity (Wildman–Crippen MR) is 103 cm³/mol. The summed E-state index contributed by atoms with van der Waals surface area (Å²) in [5.74, 6) is 0.573. The van der Waals surface area contributed by atoms with Crippen LogP contribution in [0.2, 0.25) is 0 Å². The molecule has 1 N–H and O–H groups in total. The number of nitrogens with zero attached hydrogens (tertiary/aromatic N) is 4. The van der Waals surface area contributed by atoms with Crippen LogP contribution in [0.15, 0.2) is 36.5 Å². The SMILES string of the molecule is Cc1cnc(C)c(-c2cccc(C(=O)N(C)Cc3cc(C4CC4)n[nH]3)c2)n1. The number of amides is 1. The van der Waals surface area contributed by atoms with Crippen LogP contribution in [0.5, 0.6) is 0 Å². The summed E-state index contributed by atoms with van der Waals surface area (Å²) in [4.78, 5) is 23.6. The summed E-state index contributed by atoms with van der Waals surface area (Å²) in [5.41, 5.74) is 6.14. The fourth-order valence-electron chi connectivity index (χ4n) is 3.21. The van der Waals surface area contributed by atoms with Gasteiger partial charge in [-0.25, -0.2) is 4.98 Å². The maximum Gasteiger partial charge on any atom is 0.253 e. The highest BCUT2D eigenvalue weighted by molar-refractivity contribution is 5.95. The van der Waals surface area contributed by atoms with Crippen LogP contribution in [0.3, 0.4) is 0 Å². The molecule has 0 bridgehead atoms. The van der Waals surface area contributed by atoms with Crippen molar-refractivity contribution >= 4 is 5.91 Å². The molecule has 0 radical (unpaired) electrons. The molecule has 1 aliphatic rings. The van der Waals surface area contributed by atoms with Crippen LogP contribution in [0.4, 0.5) is 0 Å². The predicted octanol–water partition coefficient (Wildman–Crippen LogP) is 3.63. The third-order valence-corrected chi connectivity index (χ3v) is 4.86. The minimum Gasteiger partial charge on any atom is -0.336 e. The van der Waals surface area contributed by atoms with Crippen LogP contribution in [-0.4, -0.2) is 38.0 Å². The van der Waals surface area contributed by atoms with E-state index in [-0.39, 0.29) is 5.91 Å². The third kappa shape index (κ3) is 3.74. The molecule has 27 heavy (non-hydrogen) atoms. The Hall–Kier alpha value is -3.02. The molecule has 0 aliphatic heterocycles. The van der Waals surface area contributed by atoms with Crippen LogP contribution < -0.4 is 0 Å². The Morgan fingerprint density at radius 3 is 2.85 bits per heavy atom. The van der Waals surface area contributed by atoms with E-state index in [1.54, 1.807) is 11.1 Å². The fraction of sp³-hybridized carbons (Fsp3) is 0.333. The van der Waals surface area contributed by atoms with E-state index < -0.39 is 0 Å². The molecule has 2 aromatic heterocycles. The Kier molecular flexibility index (Phi) is 4.48. The van der Waals surface area contributed by atoms with Crippen LogP contribution in [0.25, 0.3) is 11.3 Å². The molecule has 6 nitrogen and oxygen atoms in total. The fourth-order valence-corrected chi connectivity index (χ4v) is 3.21. The molecule has 1 saturated carbocycles. The second-order valence-corrected chi connectivity index (χ2v) is 7.28. The van der Waals surface area contributed by atoms with Crippen molar-refractivity contribution in [2.75, 3.05) is 7.05 Å². The maximum absolute atomic E-state index is 12.9. The summed E-state index contributed by atoms with van der Waals surface area (Å²) < 4.78 is 0. The summed E-state index contributed by atoms with van der Waals surface area (Å²) in [6.45, 7) is 4.35. The van der Waals surface area contributed by atoms with Gasteiger partial charge >= 0.3 is 0 Å². The molecule has 138 valence electrons. The number of hydrogen-bond acceptors (Lipinski definition) is 4. The van der Waals surface area contributed by atoms with E-state index in [0.717, 1.165) is 34.0 Å². The first-order valence-corrected chi connectivity index (χ1v) is 9.21. The first-order chi connectivity index (χ1) is 13.0. The Bertz CT molecular complexity index is 990. The van der Waals surface area contributed by atoms with Gasteiger partial charge in [0.1, 0.15) is 0 Å². The number of rotatable bonds is 5. The number of carbonyl (C=O) groups excluding carboxylic acids is 1. The molecule has 1 aromatic carbocycles. The number of hydrogen-bond donors (Lipinski definition) is 1. The van der Waals surface area contributed by atoms with Crippen molar-refractivity contribution in [1.29, 1.82) is 0 Å². The number of aryl methyl sites for hydroxylation is 2. The molecule has 2 heterocycles. The zero-order valence-corrected chi connectivity index (χ0v) is 15.9. The van der Waals surface area contributed by atoms with Crippen LogP contribution in [0, 0.1) is 13.8 Å². The van der Waals surface area contributed by atoms with Crippen LogP contribution in [0.1, 0.15) is 51.9 Å². The van der Waals surface area contributed by atoms with Gasteiger partial charge in [0.25, 0.3) is 5.91 Å². The molecule has 4 rings (SSSR count). The van der Waals surface area contributed by atoms with E-state index in [9.17, 15) is 4.79 Å². The van der Waals surface area contributed by atoms with E-state index in [2.05, 4.69) is 26.2 Å². The van der Waals surface area contributed by atoms with Crippen molar-refractivity contribution in [2.24, 2.45) is 0 Å². The molecule has 0 atom stereocenters. The highest BCUT2D eigenvalue weighted by Gasteiger charge is 2.26. The highest BCUT2D eigenvalue weighted by atomic mass is 16.2. The Morgan fingerprint density at radius 2 is 2.07 bits per heavy atom. The highest BCUT2D eigenvalue weighted by Crippen LogP contribution is 2.39. The second-order valence-electron chi connectivity index (χ2n) is 7.28. The number of benzene rings is 1. The van der Waals surface area contributed by atoms with Crippen molar-refractivity contribution in [1.82, 2.24) is 25.1 Å². The van der Waals surface area contributed by atoms with Gasteiger partial charge in [0.2, 0.25) is 0 Å². The van der Waals surface area contributed by atoms with Gasteiger partial charge in [-0.15, -0.1) is 0 Å². The van der Waals surface area contributed by atoms with Crippen molar-refractivity contribution < 1.29 is 4.79 Å². The largest absolute Gasteiger partial charge is 0.336 e. The molecular weight excluding hydrogens is 338 g/mol. The van der Waals surface area contributed by atoms with Crippen LogP contribution in [-0.2, 0) is 6.54 Å². The molecular formula is C21H23N5O. The maximum atomic E-state index is 12.9. The lowest BCUT2D eigenvalue weighted by Crippen LogP contribution is -2.26. The first-order valence-electron chi connectivity index (χ1n) is 9.21. The number of carbonyl (C=O) groups is 1. The van der Waals surface area contributed by atoms with E-state index in [4.69, 9.17) is 0 Å². The molecule has 3 aromatic rings. The molecule has 1 aliphatic carbocycles. The van der Waals surface area contributed by atoms with Crippen molar-refractivity contribution in [3.8, 4) is 11.3 Å². The number of nitrogens with one attached hydrogen (secondary N) is 1. The summed E-state index contributed by atoms with van der Waals surface area (Å²) in [6, 6.07) is 9.65. The van der Waals surface area contributed by atoms with E-state index in [0.29, 0.717) is 18.0 Å². The monoisotopic (exact) mass is 361 g/mol. The lowest BCUT2D eigenvalue weighted by atomic mass is 10.1. The van der Waals surface area contributed by atoms with Gasteiger partial charge in [0.05, 0.1) is 35.0 Å². The Labute approximate surface area is 158 Å².